The average molecular weight is 371 g/mol. The van der Waals surface area contributed by atoms with Crippen LogP contribution in [0.5, 0.6) is 0 Å². The molecular formula is C21H25NO5. The highest BCUT2D eigenvalue weighted by atomic mass is 16.6. The van der Waals surface area contributed by atoms with Crippen LogP contribution in [0.3, 0.4) is 0 Å². The Bertz CT molecular complexity index is 838. The van der Waals surface area contributed by atoms with Gasteiger partial charge in [0.2, 0.25) is 5.91 Å². The standard InChI is InChI=1S/C21H25NO5/c1-21(2,3)27-19(24)13-17(20(25)26-4)22-18(23)12-14-9-10-15-7-5-6-8-16(15)11-14/h5-11,17H,12-13H2,1-4H3,(H,22,23)/t17-/m0/s1. The molecule has 0 bridgehead atoms. The number of ether oxygens (including phenoxy) is 2. The van der Waals surface area contributed by atoms with Gasteiger partial charge >= 0.3 is 11.9 Å². The molecule has 2 aromatic carbocycles. The number of hydrogen-bond donors (Lipinski definition) is 1. The molecule has 0 saturated carbocycles. The van der Waals surface area contributed by atoms with Crippen molar-refractivity contribution in [2.75, 3.05) is 7.11 Å². The van der Waals surface area contributed by atoms with Crippen molar-refractivity contribution in [2.45, 2.75) is 45.3 Å². The van der Waals surface area contributed by atoms with Crippen molar-refractivity contribution in [3.63, 3.8) is 0 Å². The van der Waals surface area contributed by atoms with E-state index in [0.29, 0.717) is 0 Å². The van der Waals surface area contributed by atoms with Crippen LogP contribution < -0.4 is 5.32 Å². The van der Waals surface area contributed by atoms with E-state index in [1.807, 2.05) is 42.5 Å². The molecule has 144 valence electrons. The van der Waals surface area contributed by atoms with E-state index in [-0.39, 0.29) is 18.7 Å². The van der Waals surface area contributed by atoms with Gasteiger partial charge in [0.05, 0.1) is 20.0 Å². The summed E-state index contributed by atoms with van der Waals surface area (Å²) in [5.41, 5.74) is 0.138. The topological polar surface area (TPSA) is 81.7 Å². The molecule has 0 aliphatic rings. The fourth-order valence-electron chi connectivity index (χ4n) is 2.66. The van der Waals surface area contributed by atoms with Crippen molar-refractivity contribution in [3.8, 4) is 0 Å². The minimum atomic E-state index is -1.09. The van der Waals surface area contributed by atoms with E-state index in [9.17, 15) is 14.4 Å². The minimum absolute atomic E-state index is 0.0899. The zero-order valence-corrected chi connectivity index (χ0v) is 16.1. The molecule has 0 heterocycles. The number of benzene rings is 2. The number of nitrogens with one attached hydrogen (secondary N) is 1. The molecule has 6 heteroatoms. The molecule has 0 aliphatic heterocycles. The van der Waals surface area contributed by atoms with Gasteiger partial charge in [-0.1, -0.05) is 42.5 Å². The van der Waals surface area contributed by atoms with Crippen LogP contribution in [0.2, 0.25) is 0 Å². The van der Waals surface area contributed by atoms with E-state index in [0.717, 1.165) is 16.3 Å². The number of amides is 1. The summed E-state index contributed by atoms with van der Waals surface area (Å²) in [4.78, 5) is 36.3. The molecule has 0 aromatic heterocycles. The summed E-state index contributed by atoms with van der Waals surface area (Å²) in [6.45, 7) is 5.20. The minimum Gasteiger partial charge on any atom is -0.467 e. The number of esters is 2. The van der Waals surface area contributed by atoms with E-state index in [2.05, 4.69) is 5.32 Å². The van der Waals surface area contributed by atoms with Gasteiger partial charge in [-0.25, -0.2) is 4.79 Å². The Morgan fingerprint density at radius 2 is 1.70 bits per heavy atom. The molecular weight excluding hydrogens is 346 g/mol. The van der Waals surface area contributed by atoms with Crippen LogP contribution in [-0.4, -0.2) is 36.6 Å². The summed E-state index contributed by atoms with van der Waals surface area (Å²) in [5.74, 6) is -1.64. The Balaban J connectivity index is 2.03. The smallest absolute Gasteiger partial charge is 0.328 e. The van der Waals surface area contributed by atoms with E-state index in [4.69, 9.17) is 9.47 Å². The second kappa shape index (κ2) is 8.66. The van der Waals surface area contributed by atoms with Crippen LogP contribution in [-0.2, 0) is 30.3 Å². The van der Waals surface area contributed by atoms with Crippen molar-refractivity contribution in [1.29, 1.82) is 0 Å². The lowest BCUT2D eigenvalue weighted by molar-refractivity contribution is -0.159. The second-order valence-electron chi connectivity index (χ2n) is 7.29. The van der Waals surface area contributed by atoms with Gasteiger partial charge in [0.25, 0.3) is 0 Å². The van der Waals surface area contributed by atoms with Crippen LogP contribution in [0.15, 0.2) is 42.5 Å². The molecule has 0 saturated heterocycles. The number of hydrogen-bond acceptors (Lipinski definition) is 5. The molecule has 0 radical (unpaired) electrons. The Morgan fingerprint density at radius 1 is 1.04 bits per heavy atom. The first kappa shape index (κ1) is 20.4. The Kier molecular flexibility index (Phi) is 6.55. The third-order valence-corrected chi connectivity index (χ3v) is 3.79. The maximum Gasteiger partial charge on any atom is 0.328 e. The van der Waals surface area contributed by atoms with Gasteiger partial charge in [-0.2, -0.15) is 0 Å². The largest absolute Gasteiger partial charge is 0.467 e. The first-order chi connectivity index (χ1) is 12.7. The lowest BCUT2D eigenvalue weighted by Crippen LogP contribution is -2.44. The highest BCUT2D eigenvalue weighted by molar-refractivity contribution is 5.90. The van der Waals surface area contributed by atoms with Crippen molar-refractivity contribution in [3.05, 3.63) is 48.0 Å². The summed E-state index contributed by atoms with van der Waals surface area (Å²) in [5, 5.41) is 4.68. The normalized spacial score (nSPS) is 12.3. The summed E-state index contributed by atoms with van der Waals surface area (Å²) in [6, 6.07) is 12.5. The molecule has 1 N–H and O–H groups in total. The van der Waals surface area contributed by atoms with Gasteiger partial charge in [-0.3, -0.25) is 9.59 Å². The molecule has 6 nitrogen and oxygen atoms in total. The highest BCUT2D eigenvalue weighted by Gasteiger charge is 2.27. The molecule has 0 aliphatic carbocycles. The summed E-state index contributed by atoms with van der Waals surface area (Å²) in [6.07, 6.45) is -0.194. The lowest BCUT2D eigenvalue weighted by atomic mass is 10.0. The Morgan fingerprint density at radius 3 is 2.33 bits per heavy atom. The van der Waals surface area contributed by atoms with Crippen LogP contribution >= 0.6 is 0 Å². The average Bonchev–Trinajstić information content (AvgIpc) is 2.58. The molecule has 27 heavy (non-hydrogen) atoms. The number of fused-ring (bicyclic) bond motifs is 1. The van der Waals surface area contributed by atoms with Crippen molar-refractivity contribution in [2.24, 2.45) is 0 Å². The van der Waals surface area contributed by atoms with Crippen LogP contribution in [0.1, 0.15) is 32.8 Å². The zero-order valence-electron chi connectivity index (χ0n) is 16.1. The van der Waals surface area contributed by atoms with E-state index >= 15 is 0 Å². The predicted octanol–water partition coefficient (Wildman–Crippen LogP) is 2.77. The van der Waals surface area contributed by atoms with Gasteiger partial charge in [0.15, 0.2) is 0 Å². The SMILES string of the molecule is COC(=O)[C@H](CC(=O)OC(C)(C)C)NC(=O)Cc1ccc2ccccc2c1. The quantitative estimate of drug-likeness (QED) is 0.790. The predicted molar refractivity (Wildman–Crippen MR) is 102 cm³/mol. The second-order valence-corrected chi connectivity index (χ2v) is 7.29. The molecule has 0 unspecified atom stereocenters. The van der Waals surface area contributed by atoms with Crippen molar-refractivity contribution >= 4 is 28.6 Å². The van der Waals surface area contributed by atoms with Gasteiger partial charge in [-0.15, -0.1) is 0 Å². The first-order valence-electron chi connectivity index (χ1n) is 8.74. The molecule has 0 fully saturated rings. The summed E-state index contributed by atoms with van der Waals surface area (Å²) in [7, 11) is 1.21. The molecule has 0 spiro atoms. The summed E-state index contributed by atoms with van der Waals surface area (Å²) >= 11 is 0. The molecule has 1 atom stereocenters. The van der Waals surface area contributed by atoms with E-state index in [1.54, 1.807) is 20.8 Å². The lowest BCUT2D eigenvalue weighted by Gasteiger charge is -2.22. The number of carbonyl (C=O) groups excluding carboxylic acids is 3. The zero-order chi connectivity index (χ0) is 20.0. The van der Waals surface area contributed by atoms with Crippen LogP contribution in [0.4, 0.5) is 0 Å². The van der Waals surface area contributed by atoms with Crippen molar-refractivity contribution < 1.29 is 23.9 Å². The van der Waals surface area contributed by atoms with E-state index in [1.165, 1.54) is 7.11 Å². The van der Waals surface area contributed by atoms with Gasteiger partial charge in [0.1, 0.15) is 11.6 Å². The van der Waals surface area contributed by atoms with Gasteiger partial charge < -0.3 is 14.8 Å². The highest BCUT2D eigenvalue weighted by Crippen LogP contribution is 2.16. The number of carbonyl (C=O) groups is 3. The monoisotopic (exact) mass is 371 g/mol. The van der Waals surface area contributed by atoms with Gasteiger partial charge in [-0.05, 0) is 37.1 Å². The third kappa shape index (κ3) is 6.40. The third-order valence-electron chi connectivity index (χ3n) is 3.79. The Labute approximate surface area is 158 Å². The van der Waals surface area contributed by atoms with Crippen LogP contribution in [0, 0.1) is 0 Å². The van der Waals surface area contributed by atoms with Gasteiger partial charge in [0, 0.05) is 0 Å². The fraction of sp³-hybridized carbons (Fsp3) is 0.381. The number of rotatable bonds is 6. The molecule has 2 rings (SSSR count). The molecule has 2 aromatic rings. The van der Waals surface area contributed by atoms with E-state index < -0.39 is 23.6 Å². The first-order valence-corrected chi connectivity index (χ1v) is 8.74. The number of methoxy groups -OCH3 is 1. The van der Waals surface area contributed by atoms with Crippen LogP contribution in [0.25, 0.3) is 10.8 Å². The maximum absolute atomic E-state index is 12.4. The molecule has 1 amide bonds. The fourth-order valence-corrected chi connectivity index (χ4v) is 2.66. The van der Waals surface area contributed by atoms with Crippen molar-refractivity contribution in [1.82, 2.24) is 5.32 Å². The maximum atomic E-state index is 12.4. The Hall–Kier alpha value is -2.89. The summed E-state index contributed by atoms with van der Waals surface area (Å²) < 4.78 is 9.90.